The summed E-state index contributed by atoms with van der Waals surface area (Å²) < 4.78 is 0. The van der Waals surface area contributed by atoms with Crippen molar-refractivity contribution in [1.29, 1.82) is 0 Å². The fraction of sp³-hybridized carbons (Fsp3) is 0.900. The Kier molecular flexibility index (Phi) is 2.91. The molecule has 4 nitrogen and oxygen atoms in total. The second kappa shape index (κ2) is 4.17. The van der Waals surface area contributed by atoms with Crippen LogP contribution in [-0.2, 0) is 0 Å². The van der Waals surface area contributed by atoms with E-state index in [9.17, 15) is 0 Å². The number of hydrogen-bond donors (Lipinski definition) is 2. The quantitative estimate of drug-likeness (QED) is 0.499. The highest BCUT2D eigenvalue weighted by Gasteiger charge is 2.34. The van der Waals surface area contributed by atoms with Crippen LogP contribution >= 0.6 is 0 Å². The van der Waals surface area contributed by atoms with Crippen molar-refractivity contribution in [2.75, 3.05) is 19.6 Å². The zero-order chi connectivity index (χ0) is 9.97. The minimum atomic E-state index is 0.519. The SMILES string of the molecule is CCN=C(N)NC1CCN(C2CC2)C1. The van der Waals surface area contributed by atoms with Crippen molar-refractivity contribution in [3.63, 3.8) is 0 Å². The van der Waals surface area contributed by atoms with Crippen LogP contribution in [0.15, 0.2) is 4.99 Å². The summed E-state index contributed by atoms with van der Waals surface area (Å²) in [6, 6.07) is 1.40. The van der Waals surface area contributed by atoms with E-state index >= 15 is 0 Å². The smallest absolute Gasteiger partial charge is 0.188 e. The molecular formula is C10H20N4. The lowest BCUT2D eigenvalue weighted by molar-refractivity contribution is 0.321. The van der Waals surface area contributed by atoms with Gasteiger partial charge in [0.15, 0.2) is 5.96 Å². The van der Waals surface area contributed by atoms with E-state index in [1.165, 1.54) is 25.8 Å². The van der Waals surface area contributed by atoms with Crippen molar-refractivity contribution < 1.29 is 0 Å². The Labute approximate surface area is 85.6 Å². The first-order valence-electron chi connectivity index (χ1n) is 5.60. The summed E-state index contributed by atoms with van der Waals surface area (Å²) in [6.07, 6.45) is 3.99. The van der Waals surface area contributed by atoms with Crippen LogP contribution in [-0.4, -0.2) is 42.6 Å². The van der Waals surface area contributed by atoms with E-state index in [-0.39, 0.29) is 0 Å². The van der Waals surface area contributed by atoms with E-state index in [2.05, 4.69) is 15.2 Å². The molecular weight excluding hydrogens is 176 g/mol. The van der Waals surface area contributed by atoms with Gasteiger partial charge in [-0.1, -0.05) is 0 Å². The molecule has 3 N–H and O–H groups in total. The Bertz CT molecular complexity index is 222. The number of guanidine groups is 1. The summed E-state index contributed by atoms with van der Waals surface area (Å²) in [4.78, 5) is 6.70. The largest absolute Gasteiger partial charge is 0.370 e. The molecule has 1 unspecified atom stereocenters. The van der Waals surface area contributed by atoms with Crippen LogP contribution in [0.1, 0.15) is 26.2 Å². The molecule has 2 aliphatic rings. The third-order valence-corrected chi connectivity index (χ3v) is 2.96. The number of aliphatic imine (C=N–C) groups is 1. The zero-order valence-corrected chi connectivity index (χ0v) is 8.87. The monoisotopic (exact) mass is 196 g/mol. The standard InChI is InChI=1S/C10H20N4/c1-2-12-10(11)13-8-5-6-14(7-8)9-3-4-9/h8-9H,2-7H2,1H3,(H3,11,12,13). The van der Waals surface area contributed by atoms with Crippen LogP contribution < -0.4 is 11.1 Å². The maximum absolute atomic E-state index is 5.72. The van der Waals surface area contributed by atoms with Crippen molar-refractivity contribution in [3.05, 3.63) is 0 Å². The van der Waals surface area contributed by atoms with Crippen molar-refractivity contribution in [1.82, 2.24) is 10.2 Å². The van der Waals surface area contributed by atoms with Crippen molar-refractivity contribution in [2.24, 2.45) is 10.7 Å². The summed E-state index contributed by atoms with van der Waals surface area (Å²) in [5.74, 6) is 0.607. The average molecular weight is 196 g/mol. The molecule has 0 aromatic rings. The number of nitrogens with two attached hydrogens (primary N) is 1. The molecule has 2 fully saturated rings. The van der Waals surface area contributed by atoms with Crippen molar-refractivity contribution in [3.8, 4) is 0 Å². The molecule has 0 aromatic carbocycles. The number of nitrogens with one attached hydrogen (secondary N) is 1. The van der Waals surface area contributed by atoms with E-state index < -0.39 is 0 Å². The zero-order valence-electron chi connectivity index (χ0n) is 8.87. The number of rotatable bonds is 3. The van der Waals surface area contributed by atoms with E-state index in [4.69, 9.17) is 5.73 Å². The minimum Gasteiger partial charge on any atom is -0.370 e. The molecule has 1 saturated carbocycles. The van der Waals surface area contributed by atoms with E-state index in [1.807, 2.05) is 6.92 Å². The van der Waals surface area contributed by atoms with Gasteiger partial charge in [0, 0.05) is 31.7 Å². The third-order valence-electron chi connectivity index (χ3n) is 2.96. The van der Waals surface area contributed by atoms with Crippen molar-refractivity contribution in [2.45, 2.75) is 38.3 Å². The highest BCUT2D eigenvalue weighted by Crippen LogP contribution is 2.29. The summed E-state index contributed by atoms with van der Waals surface area (Å²) in [7, 11) is 0. The Morgan fingerprint density at radius 3 is 2.93 bits per heavy atom. The maximum Gasteiger partial charge on any atom is 0.188 e. The highest BCUT2D eigenvalue weighted by molar-refractivity contribution is 5.78. The van der Waals surface area contributed by atoms with Gasteiger partial charge in [-0.05, 0) is 26.2 Å². The minimum absolute atomic E-state index is 0.519. The summed E-state index contributed by atoms with van der Waals surface area (Å²) in [6.45, 7) is 5.13. The highest BCUT2D eigenvalue weighted by atomic mass is 15.2. The van der Waals surface area contributed by atoms with Gasteiger partial charge in [0.2, 0.25) is 0 Å². The third kappa shape index (κ3) is 2.38. The molecule has 1 atom stereocenters. The van der Waals surface area contributed by atoms with Gasteiger partial charge in [-0.2, -0.15) is 0 Å². The molecule has 1 aliphatic heterocycles. The molecule has 2 rings (SSSR count). The van der Waals surface area contributed by atoms with E-state index in [0.717, 1.165) is 19.1 Å². The van der Waals surface area contributed by atoms with Gasteiger partial charge >= 0.3 is 0 Å². The molecule has 1 heterocycles. The van der Waals surface area contributed by atoms with E-state index in [0.29, 0.717) is 12.0 Å². The first kappa shape index (κ1) is 9.77. The molecule has 0 radical (unpaired) electrons. The van der Waals surface area contributed by atoms with Crippen LogP contribution in [0, 0.1) is 0 Å². The lowest BCUT2D eigenvalue weighted by Crippen LogP contribution is -2.41. The molecule has 80 valence electrons. The summed E-state index contributed by atoms with van der Waals surface area (Å²) in [5.41, 5.74) is 5.72. The maximum atomic E-state index is 5.72. The van der Waals surface area contributed by atoms with Gasteiger partial charge in [-0.15, -0.1) is 0 Å². The molecule has 1 saturated heterocycles. The van der Waals surface area contributed by atoms with Crippen LogP contribution in [0.5, 0.6) is 0 Å². The fourth-order valence-corrected chi connectivity index (χ4v) is 2.10. The fourth-order valence-electron chi connectivity index (χ4n) is 2.10. The molecule has 14 heavy (non-hydrogen) atoms. The lowest BCUT2D eigenvalue weighted by atomic mass is 10.3. The number of hydrogen-bond acceptors (Lipinski definition) is 2. The predicted octanol–water partition coefficient (Wildman–Crippen LogP) is 0.147. The first-order valence-corrected chi connectivity index (χ1v) is 5.60. The van der Waals surface area contributed by atoms with Gasteiger partial charge in [-0.3, -0.25) is 9.89 Å². The number of nitrogens with zero attached hydrogens (tertiary/aromatic N) is 2. The Hall–Kier alpha value is -0.770. The molecule has 1 aliphatic carbocycles. The van der Waals surface area contributed by atoms with Crippen LogP contribution in [0.3, 0.4) is 0 Å². The normalized spacial score (nSPS) is 29.5. The van der Waals surface area contributed by atoms with Crippen LogP contribution in [0.4, 0.5) is 0 Å². The molecule has 4 heteroatoms. The van der Waals surface area contributed by atoms with Gasteiger partial charge < -0.3 is 11.1 Å². The second-order valence-corrected chi connectivity index (χ2v) is 4.22. The molecule has 0 bridgehead atoms. The van der Waals surface area contributed by atoms with Gasteiger partial charge in [0.25, 0.3) is 0 Å². The summed E-state index contributed by atoms with van der Waals surface area (Å²) in [5, 5.41) is 3.28. The van der Waals surface area contributed by atoms with Gasteiger partial charge in [-0.25, -0.2) is 0 Å². The molecule has 0 amide bonds. The first-order chi connectivity index (χ1) is 6.79. The Morgan fingerprint density at radius 1 is 1.50 bits per heavy atom. The topological polar surface area (TPSA) is 53.6 Å². The Morgan fingerprint density at radius 2 is 2.29 bits per heavy atom. The van der Waals surface area contributed by atoms with Crippen LogP contribution in [0.2, 0.25) is 0 Å². The predicted molar refractivity (Wildman–Crippen MR) is 58.3 cm³/mol. The lowest BCUT2D eigenvalue weighted by Gasteiger charge is -2.15. The van der Waals surface area contributed by atoms with Gasteiger partial charge in [0.1, 0.15) is 0 Å². The van der Waals surface area contributed by atoms with Crippen LogP contribution in [0.25, 0.3) is 0 Å². The summed E-state index contributed by atoms with van der Waals surface area (Å²) >= 11 is 0. The average Bonchev–Trinajstić information content (AvgIpc) is 2.89. The molecule has 0 aromatic heterocycles. The second-order valence-electron chi connectivity index (χ2n) is 4.22. The van der Waals surface area contributed by atoms with Crippen molar-refractivity contribution >= 4 is 5.96 Å². The van der Waals surface area contributed by atoms with Gasteiger partial charge in [0.05, 0.1) is 0 Å². The number of likely N-dealkylation sites (tertiary alicyclic amines) is 1. The Balaban J connectivity index is 1.74. The van der Waals surface area contributed by atoms with E-state index in [1.54, 1.807) is 0 Å². The molecule has 0 spiro atoms.